The lowest BCUT2D eigenvalue weighted by Gasteiger charge is -2.22. The fourth-order valence-corrected chi connectivity index (χ4v) is 5.06. The highest BCUT2D eigenvalue weighted by atomic mass is 32.2. The molecule has 2 amide bonds. The molecule has 1 aromatic carbocycles. The minimum absolute atomic E-state index is 0.131. The summed E-state index contributed by atoms with van der Waals surface area (Å²) in [7, 11) is 1.50. The number of nitrogens with zero attached hydrogens (tertiary/aromatic N) is 3. The zero-order chi connectivity index (χ0) is 22.3. The molecule has 2 rings (SSSR count). The molecule has 30 heavy (non-hydrogen) atoms. The molecule has 0 spiro atoms. The molecule has 166 valence electrons. The largest absolute Gasteiger partial charge is 0.494 e. The Morgan fingerprint density at radius 3 is 2.37 bits per heavy atom. The Balaban J connectivity index is 2.32. The Kier molecular flexibility index (Phi) is 8.59. The quantitative estimate of drug-likeness (QED) is 0.571. The van der Waals surface area contributed by atoms with Crippen molar-refractivity contribution in [3.63, 3.8) is 0 Å². The smallest absolute Gasteiger partial charge is 0.328 e. The van der Waals surface area contributed by atoms with Gasteiger partial charge in [0.25, 0.3) is 10.0 Å². The number of ether oxygens (including phenoxy) is 1. The lowest BCUT2D eigenvalue weighted by atomic mass is 10.3. The van der Waals surface area contributed by atoms with Crippen LogP contribution in [0.2, 0.25) is 0 Å². The van der Waals surface area contributed by atoms with Crippen LogP contribution < -0.4 is 19.7 Å². The average Bonchev–Trinajstić information content (AvgIpc) is 3.14. The van der Waals surface area contributed by atoms with Crippen LogP contribution in [0.3, 0.4) is 0 Å². The predicted octanol–water partition coefficient (Wildman–Crippen LogP) is 2.61. The van der Waals surface area contributed by atoms with Gasteiger partial charge in [0.15, 0.2) is 9.34 Å². The van der Waals surface area contributed by atoms with Gasteiger partial charge in [0.1, 0.15) is 5.75 Å². The second-order valence-electron chi connectivity index (χ2n) is 6.63. The first-order chi connectivity index (χ1) is 14.2. The first-order valence-corrected chi connectivity index (χ1v) is 11.9. The van der Waals surface area contributed by atoms with Crippen molar-refractivity contribution in [1.29, 1.82) is 0 Å². The number of carbonyl (C=O) groups is 1. The molecule has 0 atom stereocenters. The second kappa shape index (κ2) is 10.7. The number of rotatable bonds is 10. The van der Waals surface area contributed by atoms with E-state index in [1.807, 2.05) is 32.8 Å². The number of benzene rings is 1. The lowest BCUT2D eigenvalue weighted by Crippen LogP contribution is -2.39. The van der Waals surface area contributed by atoms with Crippen LogP contribution in [0.25, 0.3) is 0 Å². The molecular formula is C19H29N5O4S2. The molecule has 1 aromatic heterocycles. The maximum absolute atomic E-state index is 13.0. The maximum atomic E-state index is 13.0. The van der Waals surface area contributed by atoms with Gasteiger partial charge in [0.05, 0.1) is 12.3 Å². The van der Waals surface area contributed by atoms with Gasteiger partial charge in [-0.3, -0.25) is 4.90 Å². The molecule has 2 aromatic rings. The minimum Gasteiger partial charge on any atom is -0.494 e. The van der Waals surface area contributed by atoms with Gasteiger partial charge in [0.2, 0.25) is 0 Å². The van der Waals surface area contributed by atoms with Crippen molar-refractivity contribution in [3.8, 4) is 5.75 Å². The zero-order valence-electron chi connectivity index (χ0n) is 17.9. The van der Waals surface area contributed by atoms with Crippen LogP contribution in [0.4, 0.5) is 15.6 Å². The monoisotopic (exact) mass is 455 g/mol. The molecule has 2 N–H and O–H groups in total. The van der Waals surface area contributed by atoms with E-state index in [2.05, 4.69) is 15.0 Å². The van der Waals surface area contributed by atoms with E-state index < -0.39 is 10.0 Å². The predicted molar refractivity (Wildman–Crippen MR) is 120 cm³/mol. The highest BCUT2D eigenvalue weighted by Gasteiger charge is 2.26. The fourth-order valence-electron chi connectivity index (χ4n) is 2.54. The third kappa shape index (κ3) is 6.14. The summed E-state index contributed by atoms with van der Waals surface area (Å²) in [6.45, 7) is 5.24. The first kappa shape index (κ1) is 24.1. The summed E-state index contributed by atoms with van der Waals surface area (Å²) in [6, 6.07) is 6.68. The highest BCUT2D eigenvalue weighted by Crippen LogP contribution is 2.31. The van der Waals surface area contributed by atoms with Gasteiger partial charge in [-0.2, -0.15) is 0 Å². The van der Waals surface area contributed by atoms with Crippen molar-refractivity contribution >= 4 is 38.2 Å². The summed E-state index contributed by atoms with van der Waals surface area (Å²) in [5.41, 5.74) is 1.04. The fraction of sp³-hybridized carbons (Fsp3) is 0.474. The molecule has 0 aliphatic heterocycles. The van der Waals surface area contributed by atoms with Crippen LogP contribution >= 0.6 is 11.3 Å². The molecule has 9 nitrogen and oxygen atoms in total. The van der Waals surface area contributed by atoms with Crippen molar-refractivity contribution < 1.29 is 17.9 Å². The molecule has 0 aliphatic rings. The van der Waals surface area contributed by atoms with Crippen LogP contribution in [0.5, 0.6) is 5.75 Å². The lowest BCUT2D eigenvalue weighted by molar-refractivity contribution is 0.256. The molecule has 0 radical (unpaired) electrons. The van der Waals surface area contributed by atoms with E-state index in [0.29, 0.717) is 42.6 Å². The van der Waals surface area contributed by atoms with Gasteiger partial charge in [-0.1, -0.05) is 18.3 Å². The second-order valence-corrected chi connectivity index (χ2v) is 9.69. The van der Waals surface area contributed by atoms with Crippen molar-refractivity contribution in [1.82, 2.24) is 14.6 Å². The Morgan fingerprint density at radius 1 is 1.17 bits per heavy atom. The third-order valence-corrected chi connectivity index (χ3v) is 7.25. The Labute approximate surface area is 182 Å². The zero-order valence-corrected chi connectivity index (χ0v) is 19.6. The van der Waals surface area contributed by atoms with E-state index in [0.717, 1.165) is 17.1 Å². The van der Waals surface area contributed by atoms with Gasteiger partial charge in [-0.25, -0.2) is 22.9 Å². The number of thiazole rings is 1. The van der Waals surface area contributed by atoms with Crippen LogP contribution in [-0.2, 0) is 16.4 Å². The normalized spacial score (nSPS) is 11.5. The van der Waals surface area contributed by atoms with Crippen LogP contribution in [0.15, 0.2) is 28.5 Å². The highest BCUT2D eigenvalue weighted by molar-refractivity contribution is 7.91. The summed E-state index contributed by atoms with van der Waals surface area (Å²) in [5, 5.41) is 3.19. The molecule has 1 heterocycles. The summed E-state index contributed by atoms with van der Waals surface area (Å²) in [5.74, 6) is 0.717. The summed E-state index contributed by atoms with van der Waals surface area (Å²) >= 11 is 0.988. The number of hydrogen-bond donors (Lipinski definition) is 2. The van der Waals surface area contributed by atoms with Gasteiger partial charge in [0, 0.05) is 18.8 Å². The molecule has 0 unspecified atom stereocenters. The van der Waals surface area contributed by atoms with Crippen LogP contribution in [0, 0.1) is 0 Å². The molecule has 0 fully saturated rings. The van der Waals surface area contributed by atoms with Gasteiger partial charge in [-0.15, -0.1) is 0 Å². The Morgan fingerprint density at radius 2 is 1.83 bits per heavy atom. The van der Waals surface area contributed by atoms with Crippen molar-refractivity contribution in [3.05, 3.63) is 30.0 Å². The number of sulfonamides is 1. The molecular weight excluding hydrogens is 426 g/mol. The number of amides is 2. The average molecular weight is 456 g/mol. The molecule has 11 heteroatoms. The number of anilines is 2. The molecule has 0 bridgehead atoms. The van der Waals surface area contributed by atoms with E-state index in [9.17, 15) is 13.2 Å². The number of nitrogens with one attached hydrogen (secondary N) is 2. The Bertz CT molecular complexity index is 942. The number of aromatic nitrogens is 1. The van der Waals surface area contributed by atoms with Crippen LogP contribution in [0.1, 0.15) is 19.5 Å². The van der Waals surface area contributed by atoms with Gasteiger partial charge < -0.3 is 15.0 Å². The molecule has 0 aliphatic carbocycles. The van der Waals surface area contributed by atoms with Crippen molar-refractivity contribution in [2.24, 2.45) is 0 Å². The van der Waals surface area contributed by atoms with Gasteiger partial charge >= 0.3 is 6.03 Å². The Hall–Kier alpha value is -2.21. The number of hydrogen-bond acceptors (Lipinski definition) is 7. The van der Waals surface area contributed by atoms with E-state index in [1.54, 1.807) is 24.3 Å². The van der Waals surface area contributed by atoms with Crippen LogP contribution in [-0.4, -0.2) is 65.2 Å². The molecule has 0 saturated heterocycles. The maximum Gasteiger partial charge on any atom is 0.328 e. The number of likely N-dealkylation sites (N-methyl/N-ethyl adjacent to an activating group) is 1. The third-order valence-electron chi connectivity index (χ3n) is 4.16. The molecule has 0 saturated carbocycles. The van der Waals surface area contributed by atoms with E-state index in [4.69, 9.17) is 4.74 Å². The summed E-state index contributed by atoms with van der Waals surface area (Å²) < 4.78 is 32.6. The van der Waals surface area contributed by atoms with E-state index in [1.165, 1.54) is 11.9 Å². The van der Waals surface area contributed by atoms with E-state index in [-0.39, 0.29) is 10.2 Å². The number of urea groups is 1. The SMILES string of the molecule is CCOc1ccc(NC(=O)N(CCN(C)C)c2nc(CC)c(S(=O)(=O)NC)s2)cc1. The van der Waals surface area contributed by atoms with Gasteiger partial charge in [-0.05, 0) is 58.8 Å². The topological polar surface area (TPSA) is 104 Å². The van der Waals surface area contributed by atoms with E-state index >= 15 is 0 Å². The first-order valence-electron chi connectivity index (χ1n) is 9.61. The summed E-state index contributed by atoms with van der Waals surface area (Å²) in [4.78, 5) is 20.9. The van der Waals surface area contributed by atoms with Crippen molar-refractivity contribution in [2.75, 3.05) is 51.1 Å². The number of carbonyl (C=O) groups excluding carboxylic acids is 1. The standard InChI is InChI=1S/C19H29N5O4S2/c1-6-16-17(30(26,27)20-3)29-19(22-16)24(13-12-23(4)5)18(25)21-14-8-10-15(11-9-14)28-7-2/h8-11,20H,6-7,12-13H2,1-5H3,(H,21,25). The van der Waals surface area contributed by atoms with Crippen molar-refractivity contribution in [2.45, 2.75) is 24.5 Å². The number of aryl methyl sites for hydroxylation is 1. The summed E-state index contributed by atoms with van der Waals surface area (Å²) in [6.07, 6.45) is 0.439. The minimum atomic E-state index is -3.66.